The van der Waals surface area contributed by atoms with E-state index in [1.54, 1.807) is 0 Å². The van der Waals surface area contributed by atoms with Crippen LogP contribution in [-0.4, -0.2) is 0 Å². The standard InChI is InChI=1S/C14H18/c1-9(2)13-8-14(10(3)4)12-7-5-6-11(12)13/h5-10H,1-4H3. The Hall–Kier alpha value is -1.04. The van der Waals surface area contributed by atoms with Crippen LogP contribution in [0.25, 0.3) is 0 Å². The summed E-state index contributed by atoms with van der Waals surface area (Å²) in [5.41, 5.74) is 5.94. The van der Waals surface area contributed by atoms with E-state index in [-0.39, 0.29) is 0 Å². The fourth-order valence-corrected chi connectivity index (χ4v) is 2.20. The van der Waals surface area contributed by atoms with E-state index in [4.69, 9.17) is 0 Å². The van der Waals surface area contributed by atoms with Crippen LogP contribution >= 0.6 is 0 Å². The molecule has 0 aliphatic heterocycles. The summed E-state index contributed by atoms with van der Waals surface area (Å²) in [5.74, 6) is 1.26. The first-order valence-electron chi connectivity index (χ1n) is 5.46. The molecular formula is C14H18. The molecule has 0 spiro atoms. The minimum absolute atomic E-state index is 0.632. The first-order chi connectivity index (χ1) is 6.61. The third-order valence-corrected chi connectivity index (χ3v) is 2.99. The Kier molecular flexibility index (Phi) is 2.22. The molecule has 0 aromatic heterocycles. The zero-order valence-electron chi connectivity index (χ0n) is 9.46. The maximum atomic E-state index is 2.39. The van der Waals surface area contributed by atoms with E-state index >= 15 is 0 Å². The molecule has 0 fully saturated rings. The van der Waals surface area contributed by atoms with Crippen molar-refractivity contribution in [1.82, 2.24) is 0 Å². The van der Waals surface area contributed by atoms with Crippen LogP contribution < -0.4 is 0 Å². The van der Waals surface area contributed by atoms with E-state index in [1.165, 1.54) is 22.3 Å². The van der Waals surface area contributed by atoms with Gasteiger partial charge in [-0.2, -0.15) is 0 Å². The fourth-order valence-electron chi connectivity index (χ4n) is 2.20. The summed E-state index contributed by atoms with van der Waals surface area (Å²) in [5, 5.41) is 0. The largest absolute Gasteiger partial charge is 0.0610 e. The number of allylic oxidation sites excluding steroid dienone is 8. The number of fused-ring (bicyclic) bond motifs is 1. The SMILES string of the molecule is CC(C)C1=CC(C(C)C)=C2C=CC=C12. The molecule has 2 aliphatic carbocycles. The first-order valence-corrected chi connectivity index (χ1v) is 5.46. The van der Waals surface area contributed by atoms with Crippen molar-refractivity contribution in [3.05, 3.63) is 46.6 Å². The Bertz CT molecular complexity index is 371. The predicted octanol–water partition coefficient (Wildman–Crippen LogP) is 4.03. The summed E-state index contributed by atoms with van der Waals surface area (Å²) in [6.07, 6.45) is 9.05. The van der Waals surface area contributed by atoms with Crippen molar-refractivity contribution in [3.63, 3.8) is 0 Å². The summed E-state index contributed by atoms with van der Waals surface area (Å²) in [6.45, 7) is 9.08. The molecule has 74 valence electrons. The highest BCUT2D eigenvalue weighted by Crippen LogP contribution is 2.41. The van der Waals surface area contributed by atoms with E-state index in [0.29, 0.717) is 11.8 Å². The molecule has 0 aromatic rings. The maximum Gasteiger partial charge on any atom is -0.0146 e. The van der Waals surface area contributed by atoms with Gasteiger partial charge in [-0.15, -0.1) is 0 Å². The zero-order chi connectivity index (χ0) is 10.3. The average Bonchev–Trinajstić information content (AvgIpc) is 2.59. The lowest BCUT2D eigenvalue weighted by Gasteiger charge is -2.08. The van der Waals surface area contributed by atoms with Gasteiger partial charge < -0.3 is 0 Å². The summed E-state index contributed by atoms with van der Waals surface area (Å²) >= 11 is 0. The third kappa shape index (κ3) is 1.30. The Morgan fingerprint density at radius 2 is 1.71 bits per heavy atom. The molecule has 0 unspecified atom stereocenters. The monoisotopic (exact) mass is 186 g/mol. The highest BCUT2D eigenvalue weighted by atomic mass is 14.3. The van der Waals surface area contributed by atoms with Crippen molar-refractivity contribution in [3.8, 4) is 0 Å². The number of rotatable bonds is 2. The van der Waals surface area contributed by atoms with Crippen molar-refractivity contribution in [2.24, 2.45) is 11.8 Å². The van der Waals surface area contributed by atoms with Gasteiger partial charge in [0.05, 0.1) is 0 Å². The van der Waals surface area contributed by atoms with Gasteiger partial charge in [-0.05, 0) is 34.1 Å². The molecule has 0 aromatic carbocycles. The topological polar surface area (TPSA) is 0 Å². The average molecular weight is 186 g/mol. The molecule has 0 amide bonds. The van der Waals surface area contributed by atoms with Crippen molar-refractivity contribution in [2.75, 3.05) is 0 Å². The maximum absolute atomic E-state index is 2.39. The van der Waals surface area contributed by atoms with Gasteiger partial charge in [0, 0.05) is 0 Å². The van der Waals surface area contributed by atoms with Crippen molar-refractivity contribution in [1.29, 1.82) is 0 Å². The van der Waals surface area contributed by atoms with Crippen molar-refractivity contribution < 1.29 is 0 Å². The van der Waals surface area contributed by atoms with Crippen LogP contribution in [0.4, 0.5) is 0 Å². The molecule has 2 aliphatic rings. The van der Waals surface area contributed by atoms with Crippen LogP contribution in [0.15, 0.2) is 46.6 Å². The van der Waals surface area contributed by atoms with Crippen LogP contribution in [0, 0.1) is 11.8 Å². The fraction of sp³-hybridized carbons (Fsp3) is 0.429. The summed E-state index contributed by atoms with van der Waals surface area (Å²) in [7, 11) is 0. The van der Waals surface area contributed by atoms with E-state index in [9.17, 15) is 0 Å². The van der Waals surface area contributed by atoms with Crippen LogP contribution in [0.2, 0.25) is 0 Å². The van der Waals surface area contributed by atoms with Gasteiger partial charge in [0.1, 0.15) is 0 Å². The van der Waals surface area contributed by atoms with E-state index in [1.807, 2.05) is 0 Å². The molecule has 0 saturated carbocycles. The summed E-state index contributed by atoms with van der Waals surface area (Å²) in [6, 6.07) is 0. The number of hydrogen-bond acceptors (Lipinski definition) is 0. The van der Waals surface area contributed by atoms with Crippen molar-refractivity contribution in [2.45, 2.75) is 27.7 Å². The Labute approximate surface area is 86.7 Å². The lowest BCUT2D eigenvalue weighted by atomic mass is 9.96. The zero-order valence-corrected chi connectivity index (χ0v) is 9.46. The van der Waals surface area contributed by atoms with Gasteiger partial charge >= 0.3 is 0 Å². The second kappa shape index (κ2) is 3.27. The molecular weight excluding hydrogens is 168 g/mol. The molecule has 0 atom stereocenters. The van der Waals surface area contributed by atoms with E-state index in [2.05, 4.69) is 52.0 Å². The molecule has 0 N–H and O–H groups in total. The van der Waals surface area contributed by atoms with E-state index < -0.39 is 0 Å². The van der Waals surface area contributed by atoms with Crippen molar-refractivity contribution >= 4 is 0 Å². The quantitative estimate of drug-likeness (QED) is 0.610. The Morgan fingerprint density at radius 1 is 1.00 bits per heavy atom. The van der Waals surface area contributed by atoms with Gasteiger partial charge in [-0.1, -0.05) is 52.0 Å². The molecule has 2 rings (SSSR count). The second-order valence-electron chi connectivity index (χ2n) is 4.72. The Morgan fingerprint density at radius 3 is 2.29 bits per heavy atom. The highest BCUT2D eigenvalue weighted by molar-refractivity contribution is 5.68. The lowest BCUT2D eigenvalue weighted by Crippen LogP contribution is -1.93. The second-order valence-corrected chi connectivity index (χ2v) is 4.72. The van der Waals surface area contributed by atoms with Crippen LogP contribution in [0.3, 0.4) is 0 Å². The summed E-state index contributed by atoms with van der Waals surface area (Å²) in [4.78, 5) is 0. The molecule has 0 radical (unpaired) electrons. The molecule has 0 nitrogen and oxygen atoms in total. The Balaban J connectivity index is 2.45. The third-order valence-electron chi connectivity index (χ3n) is 2.99. The van der Waals surface area contributed by atoms with Gasteiger partial charge in [-0.3, -0.25) is 0 Å². The minimum Gasteiger partial charge on any atom is -0.0610 e. The van der Waals surface area contributed by atoms with Gasteiger partial charge in [0.2, 0.25) is 0 Å². The first kappa shape index (κ1) is 9.51. The molecule has 0 heterocycles. The highest BCUT2D eigenvalue weighted by Gasteiger charge is 2.24. The van der Waals surface area contributed by atoms with Gasteiger partial charge in [0.25, 0.3) is 0 Å². The molecule has 0 heteroatoms. The number of hydrogen-bond donors (Lipinski definition) is 0. The molecule has 14 heavy (non-hydrogen) atoms. The molecule has 0 saturated heterocycles. The van der Waals surface area contributed by atoms with E-state index in [0.717, 1.165) is 0 Å². The van der Waals surface area contributed by atoms with Crippen LogP contribution in [-0.2, 0) is 0 Å². The predicted molar refractivity (Wildman–Crippen MR) is 62.0 cm³/mol. The van der Waals surface area contributed by atoms with Gasteiger partial charge in [-0.25, -0.2) is 0 Å². The normalized spacial score (nSPS) is 19.6. The minimum atomic E-state index is 0.632. The lowest BCUT2D eigenvalue weighted by molar-refractivity contribution is 0.774. The molecule has 0 bridgehead atoms. The van der Waals surface area contributed by atoms with Crippen LogP contribution in [0.5, 0.6) is 0 Å². The summed E-state index contributed by atoms with van der Waals surface area (Å²) < 4.78 is 0. The smallest absolute Gasteiger partial charge is 0.0146 e. The van der Waals surface area contributed by atoms with Crippen LogP contribution in [0.1, 0.15) is 27.7 Å². The van der Waals surface area contributed by atoms with Gasteiger partial charge in [0.15, 0.2) is 0 Å².